The van der Waals surface area contributed by atoms with Crippen LogP contribution in [0.2, 0.25) is 0 Å². The van der Waals surface area contributed by atoms with Gasteiger partial charge in [-0.2, -0.15) is 0 Å². The summed E-state index contributed by atoms with van der Waals surface area (Å²) in [6.07, 6.45) is 1.10. The Labute approximate surface area is 146 Å². The van der Waals surface area contributed by atoms with Crippen molar-refractivity contribution < 1.29 is 24.0 Å². The molecule has 1 heterocycles. The molecule has 0 aliphatic carbocycles. The average Bonchev–Trinajstić information content (AvgIpc) is 2.84. The molecule has 2 N–H and O–H groups in total. The van der Waals surface area contributed by atoms with Crippen molar-refractivity contribution in [3.63, 3.8) is 0 Å². The molecule has 0 radical (unpaired) electrons. The Morgan fingerprint density at radius 3 is 2.65 bits per heavy atom. The third-order valence-electron chi connectivity index (χ3n) is 3.76. The molecular weight excluding hydrogens is 345 g/mol. The minimum Gasteiger partial charge on any atom is -0.508 e. The van der Waals surface area contributed by atoms with Gasteiger partial charge in [-0.3, -0.25) is 19.8 Å². The first-order valence-corrected chi connectivity index (χ1v) is 7.42. The van der Waals surface area contributed by atoms with Crippen molar-refractivity contribution in [2.75, 3.05) is 0 Å². The van der Waals surface area contributed by atoms with Crippen LogP contribution < -0.4 is 5.32 Å². The number of carbonyl (C=O) groups excluding carboxylic acids is 2. The van der Waals surface area contributed by atoms with E-state index in [0.29, 0.717) is 0 Å². The zero-order valence-corrected chi connectivity index (χ0v) is 13.2. The van der Waals surface area contributed by atoms with Gasteiger partial charge >= 0.3 is 6.03 Å². The van der Waals surface area contributed by atoms with Gasteiger partial charge in [-0.05, 0) is 24.3 Å². The van der Waals surface area contributed by atoms with Crippen molar-refractivity contribution in [3.05, 3.63) is 75.2 Å². The number of nitro groups is 1. The smallest absolute Gasteiger partial charge is 0.329 e. The first kappa shape index (κ1) is 17.1. The summed E-state index contributed by atoms with van der Waals surface area (Å²) in [4.78, 5) is 35.6. The van der Waals surface area contributed by atoms with Gasteiger partial charge in [-0.1, -0.05) is 18.2 Å². The standard InChI is InChI=1S/C17H12FN3O5/c18-13-4-2-1-3-10(13)9-20-16(23)14(19-17(20)24)8-11-7-12(22)5-6-15(11)21(25)26/h1-8,22H,9H2,(H,19,24)/b14-8+. The number of amides is 3. The van der Waals surface area contributed by atoms with Gasteiger partial charge in [0.25, 0.3) is 11.6 Å². The highest BCUT2D eigenvalue weighted by Gasteiger charge is 2.34. The maximum absolute atomic E-state index is 13.7. The van der Waals surface area contributed by atoms with Crippen LogP contribution in [-0.4, -0.2) is 26.9 Å². The molecule has 8 nitrogen and oxygen atoms in total. The molecule has 1 fully saturated rings. The Morgan fingerprint density at radius 2 is 1.96 bits per heavy atom. The molecule has 3 amide bonds. The quantitative estimate of drug-likeness (QED) is 0.378. The average molecular weight is 357 g/mol. The second-order valence-corrected chi connectivity index (χ2v) is 5.47. The number of imide groups is 1. The summed E-state index contributed by atoms with van der Waals surface area (Å²) in [7, 11) is 0. The first-order chi connectivity index (χ1) is 12.4. The molecule has 132 valence electrons. The van der Waals surface area contributed by atoms with Crippen molar-refractivity contribution in [3.8, 4) is 5.75 Å². The van der Waals surface area contributed by atoms with Gasteiger partial charge in [-0.25, -0.2) is 9.18 Å². The number of nitrogens with one attached hydrogen (secondary N) is 1. The van der Waals surface area contributed by atoms with E-state index in [-0.39, 0.29) is 34.8 Å². The number of hydrogen-bond donors (Lipinski definition) is 2. The van der Waals surface area contributed by atoms with Crippen molar-refractivity contribution in [2.24, 2.45) is 0 Å². The van der Waals surface area contributed by atoms with Crippen LogP contribution in [0.15, 0.2) is 48.2 Å². The van der Waals surface area contributed by atoms with E-state index in [1.807, 2.05) is 0 Å². The predicted octanol–water partition coefficient (Wildman–Crippen LogP) is 2.53. The largest absolute Gasteiger partial charge is 0.508 e. The third kappa shape index (κ3) is 3.22. The SMILES string of the molecule is O=C1N/C(=C/c2cc(O)ccc2[N+](=O)[O-])C(=O)N1Cc1ccccc1F. The van der Waals surface area contributed by atoms with Crippen molar-refractivity contribution >= 4 is 23.7 Å². The van der Waals surface area contributed by atoms with Gasteiger partial charge in [0.05, 0.1) is 17.0 Å². The number of halogens is 1. The maximum Gasteiger partial charge on any atom is 0.329 e. The molecule has 1 aliphatic heterocycles. The van der Waals surface area contributed by atoms with Gasteiger partial charge in [0.2, 0.25) is 0 Å². The summed E-state index contributed by atoms with van der Waals surface area (Å²) in [5.41, 5.74) is -0.447. The lowest BCUT2D eigenvalue weighted by Crippen LogP contribution is -2.30. The number of nitro benzene ring substituents is 1. The number of benzene rings is 2. The summed E-state index contributed by atoms with van der Waals surface area (Å²) >= 11 is 0. The molecular formula is C17H12FN3O5. The Morgan fingerprint density at radius 1 is 1.23 bits per heavy atom. The van der Waals surface area contributed by atoms with Gasteiger partial charge in [-0.15, -0.1) is 0 Å². The van der Waals surface area contributed by atoms with E-state index in [4.69, 9.17) is 0 Å². The Bertz CT molecular complexity index is 957. The van der Waals surface area contributed by atoms with E-state index in [1.54, 1.807) is 6.07 Å². The zero-order chi connectivity index (χ0) is 18.8. The normalized spacial score (nSPS) is 15.4. The fourth-order valence-electron chi connectivity index (χ4n) is 2.49. The molecule has 0 atom stereocenters. The van der Waals surface area contributed by atoms with Crippen LogP contribution in [0.4, 0.5) is 14.9 Å². The van der Waals surface area contributed by atoms with Gasteiger partial charge < -0.3 is 10.4 Å². The minimum absolute atomic E-state index is 0.0496. The third-order valence-corrected chi connectivity index (χ3v) is 3.76. The molecule has 0 saturated carbocycles. The van der Waals surface area contributed by atoms with E-state index >= 15 is 0 Å². The highest BCUT2D eigenvalue weighted by molar-refractivity contribution is 6.14. The van der Waals surface area contributed by atoms with Crippen molar-refractivity contribution in [1.29, 1.82) is 0 Å². The molecule has 0 unspecified atom stereocenters. The summed E-state index contributed by atoms with van der Waals surface area (Å²) < 4.78 is 13.7. The van der Waals surface area contributed by atoms with E-state index in [1.165, 1.54) is 18.2 Å². The highest BCUT2D eigenvalue weighted by atomic mass is 19.1. The van der Waals surface area contributed by atoms with Gasteiger partial charge in [0.1, 0.15) is 17.3 Å². The molecule has 9 heteroatoms. The van der Waals surface area contributed by atoms with Crippen LogP contribution in [0.3, 0.4) is 0 Å². The van der Waals surface area contributed by atoms with Crippen LogP contribution in [0.5, 0.6) is 5.75 Å². The van der Waals surface area contributed by atoms with E-state index in [2.05, 4.69) is 5.32 Å². The topological polar surface area (TPSA) is 113 Å². The van der Waals surface area contributed by atoms with E-state index in [0.717, 1.165) is 29.2 Å². The Balaban J connectivity index is 1.92. The lowest BCUT2D eigenvalue weighted by atomic mass is 10.1. The number of phenolic OH excluding ortho intramolecular Hbond substituents is 1. The number of hydrogen-bond acceptors (Lipinski definition) is 5. The summed E-state index contributed by atoms with van der Waals surface area (Å²) in [6.45, 7) is -0.281. The summed E-state index contributed by atoms with van der Waals surface area (Å²) in [5, 5.41) is 22.9. The molecule has 0 bridgehead atoms. The van der Waals surface area contributed by atoms with Crippen LogP contribution in [0.25, 0.3) is 6.08 Å². The lowest BCUT2D eigenvalue weighted by molar-refractivity contribution is -0.385. The highest BCUT2D eigenvalue weighted by Crippen LogP contribution is 2.27. The van der Waals surface area contributed by atoms with Gasteiger partial charge in [0, 0.05) is 11.6 Å². The molecule has 0 spiro atoms. The number of rotatable bonds is 4. The molecule has 26 heavy (non-hydrogen) atoms. The molecule has 1 aliphatic rings. The number of carbonyl (C=O) groups is 2. The molecule has 1 saturated heterocycles. The Hall–Kier alpha value is -3.75. The van der Waals surface area contributed by atoms with E-state index in [9.17, 15) is 29.2 Å². The van der Waals surface area contributed by atoms with Crippen LogP contribution in [0.1, 0.15) is 11.1 Å². The monoisotopic (exact) mass is 357 g/mol. The van der Waals surface area contributed by atoms with Crippen molar-refractivity contribution in [1.82, 2.24) is 10.2 Å². The maximum atomic E-state index is 13.7. The lowest BCUT2D eigenvalue weighted by Gasteiger charge is -2.12. The summed E-state index contributed by atoms with van der Waals surface area (Å²) in [6, 6.07) is 8.26. The van der Waals surface area contributed by atoms with Crippen LogP contribution >= 0.6 is 0 Å². The number of urea groups is 1. The number of nitrogens with zero attached hydrogens (tertiary/aromatic N) is 2. The number of aromatic hydroxyl groups is 1. The zero-order valence-electron chi connectivity index (χ0n) is 13.2. The predicted molar refractivity (Wildman–Crippen MR) is 88.2 cm³/mol. The second-order valence-electron chi connectivity index (χ2n) is 5.47. The van der Waals surface area contributed by atoms with Crippen LogP contribution in [0, 0.1) is 15.9 Å². The fraction of sp³-hybridized carbons (Fsp3) is 0.0588. The van der Waals surface area contributed by atoms with Crippen molar-refractivity contribution in [2.45, 2.75) is 6.54 Å². The molecule has 3 rings (SSSR count). The second kappa shape index (κ2) is 6.63. The van der Waals surface area contributed by atoms with Crippen LogP contribution in [-0.2, 0) is 11.3 Å². The molecule has 2 aromatic rings. The summed E-state index contributed by atoms with van der Waals surface area (Å²) in [5.74, 6) is -1.55. The number of phenols is 1. The first-order valence-electron chi connectivity index (χ1n) is 7.42. The van der Waals surface area contributed by atoms with Gasteiger partial charge in [0.15, 0.2) is 0 Å². The minimum atomic E-state index is -0.771. The fourth-order valence-corrected chi connectivity index (χ4v) is 2.49. The Kier molecular flexibility index (Phi) is 4.36. The molecule has 2 aromatic carbocycles. The molecule has 0 aromatic heterocycles. The van der Waals surface area contributed by atoms with E-state index < -0.39 is 22.7 Å².